The monoisotopic (exact) mass is 541 g/mol. The Morgan fingerprint density at radius 2 is 1.56 bits per heavy atom. The van der Waals surface area contributed by atoms with Crippen molar-refractivity contribution in [1.82, 2.24) is 15.5 Å². The molecule has 214 valence electrons. The largest absolute Gasteiger partial charge is 0.508 e. The maximum Gasteiger partial charge on any atom is 0.408 e. The fraction of sp³-hybridized carbons (Fsp3) is 0.500. The summed E-state index contributed by atoms with van der Waals surface area (Å²) in [7, 11) is 0. The molecule has 9 nitrogen and oxygen atoms in total. The van der Waals surface area contributed by atoms with Gasteiger partial charge in [0, 0.05) is 24.1 Å². The molecule has 2 aromatic carbocycles. The molecule has 0 heterocycles. The summed E-state index contributed by atoms with van der Waals surface area (Å²) in [5.41, 5.74) is -0.732. The summed E-state index contributed by atoms with van der Waals surface area (Å²) in [6.45, 7) is 13.0. The number of benzene rings is 2. The molecule has 9 heteroatoms. The molecule has 0 aliphatic heterocycles. The van der Waals surface area contributed by atoms with Gasteiger partial charge in [0.2, 0.25) is 11.8 Å². The second-order valence-electron chi connectivity index (χ2n) is 11.6. The first-order chi connectivity index (χ1) is 18.1. The van der Waals surface area contributed by atoms with Gasteiger partial charge in [-0.05, 0) is 71.7 Å². The van der Waals surface area contributed by atoms with Crippen molar-refractivity contribution >= 4 is 17.9 Å². The standard InChI is InChI=1S/C30H43N3O6/c1-8-9-18-31-26(36)25(22-12-10-11-13-24(22)35)33(29(2,3)4)27(37)23(32-28(38)39-30(5,6)7)19-20-14-16-21(34)17-15-20/h10-17,23,25,34-35H,8-9,18-19H2,1-7H3,(H,31,36)(H,32,38). The van der Waals surface area contributed by atoms with Crippen LogP contribution in [0.15, 0.2) is 48.5 Å². The molecule has 0 saturated heterocycles. The molecule has 39 heavy (non-hydrogen) atoms. The topological polar surface area (TPSA) is 128 Å². The van der Waals surface area contributed by atoms with Crippen LogP contribution in [0.3, 0.4) is 0 Å². The van der Waals surface area contributed by atoms with E-state index in [0.717, 1.165) is 12.8 Å². The Labute approximate surface area is 231 Å². The highest BCUT2D eigenvalue weighted by Gasteiger charge is 2.42. The van der Waals surface area contributed by atoms with E-state index in [0.29, 0.717) is 12.1 Å². The van der Waals surface area contributed by atoms with Crippen LogP contribution >= 0.6 is 0 Å². The SMILES string of the molecule is CCCCNC(=O)C(c1ccccc1O)N(C(=O)C(Cc1ccc(O)cc1)NC(=O)OC(C)(C)C)C(C)(C)C. The van der Waals surface area contributed by atoms with Crippen LogP contribution in [0, 0.1) is 0 Å². The van der Waals surface area contributed by atoms with Crippen molar-refractivity contribution in [2.75, 3.05) is 6.54 Å². The maximum atomic E-state index is 14.4. The Bertz CT molecular complexity index is 1120. The van der Waals surface area contributed by atoms with Gasteiger partial charge < -0.3 is 30.5 Å². The van der Waals surface area contributed by atoms with Gasteiger partial charge in [-0.2, -0.15) is 0 Å². The quantitative estimate of drug-likeness (QED) is 0.319. The summed E-state index contributed by atoms with van der Waals surface area (Å²) >= 11 is 0. The third-order valence-electron chi connectivity index (χ3n) is 5.89. The fourth-order valence-corrected chi connectivity index (χ4v) is 4.13. The molecule has 2 aromatic rings. The molecule has 0 aromatic heterocycles. The molecule has 0 fully saturated rings. The third-order valence-corrected chi connectivity index (χ3v) is 5.89. The molecule has 0 aliphatic rings. The Hall–Kier alpha value is -3.75. The predicted octanol–water partition coefficient (Wildman–Crippen LogP) is 4.82. The Balaban J connectivity index is 2.59. The smallest absolute Gasteiger partial charge is 0.408 e. The lowest BCUT2D eigenvalue weighted by Crippen LogP contribution is -2.59. The average molecular weight is 542 g/mol. The first-order valence-electron chi connectivity index (χ1n) is 13.3. The number of carbonyl (C=O) groups excluding carboxylic acids is 3. The van der Waals surface area contributed by atoms with Gasteiger partial charge in [0.25, 0.3) is 0 Å². The van der Waals surface area contributed by atoms with E-state index in [1.807, 2.05) is 6.92 Å². The van der Waals surface area contributed by atoms with Gasteiger partial charge in [0.1, 0.15) is 29.2 Å². The number of para-hydroxylation sites is 1. The molecule has 0 radical (unpaired) electrons. The van der Waals surface area contributed by atoms with Crippen LogP contribution in [0.1, 0.15) is 78.5 Å². The molecule has 2 rings (SSSR count). The minimum Gasteiger partial charge on any atom is -0.508 e. The molecule has 3 amide bonds. The summed E-state index contributed by atoms with van der Waals surface area (Å²) in [6.07, 6.45) is 0.931. The number of carbonyl (C=O) groups is 3. The summed E-state index contributed by atoms with van der Waals surface area (Å²) in [5, 5.41) is 26.0. The van der Waals surface area contributed by atoms with Crippen LogP contribution in [0.5, 0.6) is 11.5 Å². The van der Waals surface area contributed by atoms with E-state index in [1.54, 1.807) is 71.9 Å². The summed E-state index contributed by atoms with van der Waals surface area (Å²) in [5.74, 6) is -1.01. The van der Waals surface area contributed by atoms with Gasteiger partial charge in [0.15, 0.2) is 0 Å². The van der Waals surface area contributed by atoms with Crippen molar-refractivity contribution < 1.29 is 29.3 Å². The number of unbranched alkanes of at least 4 members (excludes halogenated alkanes) is 1. The van der Waals surface area contributed by atoms with Crippen molar-refractivity contribution in [3.05, 3.63) is 59.7 Å². The highest BCUT2D eigenvalue weighted by Crippen LogP contribution is 2.34. The van der Waals surface area contributed by atoms with Crippen molar-refractivity contribution in [2.24, 2.45) is 0 Å². The van der Waals surface area contributed by atoms with Gasteiger partial charge in [-0.3, -0.25) is 9.59 Å². The third kappa shape index (κ3) is 9.50. The molecular formula is C30H43N3O6. The first-order valence-corrected chi connectivity index (χ1v) is 13.3. The number of hydrogen-bond donors (Lipinski definition) is 4. The lowest BCUT2D eigenvalue weighted by molar-refractivity contribution is -0.148. The van der Waals surface area contributed by atoms with E-state index in [4.69, 9.17) is 4.74 Å². The number of aromatic hydroxyl groups is 2. The highest BCUT2D eigenvalue weighted by atomic mass is 16.6. The lowest BCUT2D eigenvalue weighted by Gasteiger charge is -2.43. The van der Waals surface area contributed by atoms with Crippen molar-refractivity contribution in [2.45, 2.75) is 91.0 Å². The van der Waals surface area contributed by atoms with E-state index in [2.05, 4.69) is 10.6 Å². The van der Waals surface area contributed by atoms with Gasteiger partial charge in [0.05, 0.1) is 0 Å². The average Bonchev–Trinajstić information content (AvgIpc) is 2.81. The van der Waals surface area contributed by atoms with Crippen LogP contribution in [0.4, 0.5) is 4.79 Å². The summed E-state index contributed by atoms with van der Waals surface area (Å²) in [4.78, 5) is 42.2. The number of alkyl carbamates (subject to hydrolysis) is 1. The highest BCUT2D eigenvalue weighted by molar-refractivity contribution is 5.93. The normalized spacial score (nSPS) is 13.2. The minimum atomic E-state index is -1.17. The zero-order valence-electron chi connectivity index (χ0n) is 24.1. The number of phenolic OH excluding ortho intramolecular Hbond substituents is 2. The van der Waals surface area contributed by atoms with E-state index >= 15 is 0 Å². The Kier molecular flexibility index (Phi) is 10.8. The molecular weight excluding hydrogens is 498 g/mol. The lowest BCUT2D eigenvalue weighted by atomic mass is 9.93. The minimum absolute atomic E-state index is 0.0708. The van der Waals surface area contributed by atoms with Gasteiger partial charge in [-0.25, -0.2) is 4.79 Å². The van der Waals surface area contributed by atoms with Crippen molar-refractivity contribution in [3.63, 3.8) is 0 Å². The van der Waals surface area contributed by atoms with E-state index in [1.165, 1.54) is 23.1 Å². The van der Waals surface area contributed by atoms with Gasteiger partial charge in [-0.15, -0.1) is 0 Å². The second-order valence-corrected chi connectivity index (χ2v) is 11.6. The van der Waals surface area contributed by atoms with Gasteiger partial charge >= 0.3 is 6.09 Å². The number of rotatable bonds is 10. The van der Waals surface area contributed by atoms with Crippen LogP contribution in [0.25, 0.3) is 0 Å². The molecule has 2 unspecified atom stereocenters. The van der Waals surface area contributed by atoms with Crippen molar-refractivity contribution in [3.8, 4) is 11.5 Å². The Morgan fingerprint density at radius 3 is 2.10 bits per heavy atom. The van der Waals surface area contributed by atoms with Gasteiger partial charge in [-0.1, -0.05) is 43.7 Å². The van der Waals surface area contributed by atoms with Crippen molar-refractivity contribution in [1.29, 1.82) is 0 Å². The van der Waals surface area contributed by atoms with E-state index in [-0.39, 0.29) is 23.5 Å². The molecule has 0 bridgehead atoms. The maximum absolute atomic E-state index is 14.4. The second kappa shape index (κ2) is 13.4. The Morgan fingerprint density at radius 1 is 0.949 bits per heavy atom. The number of nitrogens with zero attached hydrogens (tertiary/aromatic N) is 1. The molecule has 0 spiro atoms. The molecule has 0 aliphatic carbocycles. The molecule has 2 atom stereocenters. The van der Waals surface area contributed by atoms with Crippen LogP contribution < -0.4 is 10.6 Å². The number of phenols is 2. The molecule has 0 saturated carbocycles. The number of ether oxygens (including phenoxy) is 1. The van der Waals surface area contributed by atoms with E-state index in [9.17, 15) is 24.6 Å². The summed E-state index contributed by atoms with van der Waals surface area (Å²) < 4.78 is 5.44. The van der Waals surface area contributed by atoms with Crippen LogP contribution in [0.2, 0.25) is 0 Å². The van der Waals surface area contributed by atoms with Crippen LogP contribution in [-0.4, -0.2) is 56.7 Å². The van der Waals surface area contributed by atoms with E-state index < -0.39 is 41.1 Å². The summed E-state index contributed by atoms with van der Waals surface area (Å²) in [6, 6.07) is 10.5. The zero-order valence-corrected chi connectivity index (χ0v) is 24.1. The number of nitrogens with one attached hydrogen (secondary N) is 2. The fourth-order valence-electron chi connectivity index (χ4n) is 4.13. The number of amides is 3. The molecule has 4 N–H and O–H groups in total. The predicted molar refractivity (Wildman–Crippen MR) is 150 cm³/mol. The number of hydrogen-bond acceptors (Lipinski definition) is 6. The first kappa shape index (κ1) is 31.5. The zero-order chi connectivity index (χ0) is 29.4. The van der Waals surface area contributed by atoms with Crippen LogP contribution in [-0.2, 0) is 20.7 Å².